The minimum atomic E-state index is 0.158. The molecule has 0 bridgehead atoms. The molecule has 0 saturated heterocycles. The Labute approximate surface area is 199 Å². The SMILES string of the molecule is C=C(N)/C=C\C(=C/C)C(=N)c1cc(C(/C=C\CC)=C/CNC(=O)C2CCCCC2)ccc1C. The van der Waals surface area contributed by atoms with E-state index in [1.54, 1.807) is 6.08 Å². The highest BCUT2D eigenvalue weighted by atomic mass is 16.1. The molecule has 0 aromatic heterocycles. The van der Waals surface area contributed by atoms with Crippen molar-refractivity contribution in [1.82, 2.24) is 5.32 Å². The Morgan fingerprint density at radius 2 is 1.94 bits per heavy atom. The number of hydrogen-bond acceptors (Lipinski definition) is 3. The molecule has 0 radical (unpaired) electrons. The number of carbonyl (C=O) groups is 1. The molecule has 1 aromatic rings. The van der Waals surface area contributed by atoms with Gasteiger partial charge in [-0.25, -0.2) is 0 Å². The number of aryl methyl sites for hydroxylation is 1. The van der Waals surface area contributed by atoms with Crippen LogP contribution in [0.1, 0.15) is 69.1 Å². The van der Waals surface area contributed by atoms with Crippen LogP contribution < -0.4 is 11.1 Å². The molecule has 1 aliphatic carbocycles. The highest BCUT2D eigenvalue weighted by Gasteiger charge is 2.20. The zero-order valence-corrected chi connectivity index (χ0v) is 20.4. The van der Waals surface area contributed by atoms with Gasteiger partial charge < -0.3 is 11.1 Å². The van der Waals surface area contributed by atoms with Crippen molar-refractivity contribution in [3.63, 3.8) is 0 Å². The molecule has 1 saturated carbocycles. The van der Waals surface area contributed by atoms with Gasteiger partial charge in [-0.05, 0) is 67.5 Å². The molecule has 0 atom stereocenters. The highest BCUT2D eigenvalue weighted by molar-refractivity contribution is 6.13. The summed E-state index contributed by atoms with van der Waals surface area (Å²) < 4.78 is 0. The number of benzene rings is 1. The fourth-order valence-electron chi connectivity index (χ4n) is 4.04. The molecule has 0 spiro atoms. The molecule has 1 aliphatic rings. The van der Waals surface area contributed by atoms with Gasteiger partial charge in [-0.15, -0.1) is 0 Å². The lowest BCUT2D eigenvalue weighted by Crippen LogP contribution is -2.32. The zero-order valence-electron chi connectivity index (χ0n) is 20.4. The van der Waals surface area contributed by atoms with Crippen molar-refractivity contribution < 1.29 is 4.79 Å². The van der Waals surface area contributed by atoms with E-state index in [1.165, 1.54) is 6.42 Å². The van der Waals surface area contributed by atoms with Gasteiger partial charge in [-0.2, -0.15) is 0 Å². The fourth-order valence-corrected chi connectivity index (χ4v) is 4.04. The van der Waals surface area contributed by atoms with E-state index in [0.29, 0.717) is 18.0 Å². The van der Waals surface area contributed by atoms with Gasteiger partial charge in [-0.3, -0.25) is 10.2 Å². The van der Waals surface area contributed by atoms with Crippen molar-refractivity contribution in [1.29, 1.82) is 5.41 Å². The average molecular weight is 446 g/mol. The van der Waals surface area contributed by atoms with Crippen LogP contribution in [0.15, 0.2) is 72.5 Å². The molecule has 0 heterocycles. The number of carbonyl (C=O) groups excluding carboxylic acids is 1. The maximum absolute atomic E-state index is 12.5. The normalized spacial score (nSPS) is 15.8. The Morgan fingerprint density at radius 3 is 2.58 bits per heavy atom. The van der Waals surface area contributed by atoms with Crippen LogP contribution in [0.5, 0.6) is 0 Å². The third-order valence-corrected chi connectivity index (χ3v) is 6.02. The van der Waals surface area contributed by atoms with Gasteiger partial charge in [0.05, 0.1) is 5.71 Å². The molecule has 1 amide bonds. The molecule has 4 heteroatoms. The summed E-state index contributed by atoms with van der Waals surface area (Å²) >= 11 is 0. The molecule has 0 unspecified atom stereocenters. The minimum Gasteiger partial charge on any atom is -0.399 e. The number of nitrogens with one attached hydrogen (secondary N) is 2. The van der Waals surface area contributed by atoms with Gasteiger partial charge >= 0.3 is 0 Å². The topological polar surface area (TPSA) is 79.0 Å². The van der Waals surface area contributed by atoms with Gasteiger partial charge in [0.1, 0.15) is 0 Å². The van der Waals surface area contributed by atoms with Crippen molar-refractivity contribution in [2.24, 2.45) is 11.7 Å². The van der Waals surface area contributed by atoms with Crippen LogP contribution >= 0.6 is 0 Å². The first-order valence-electron chi connectivity index (χ1n) is 12.0. The second-order valence-electron chi connectivity index (χ2n) is 8.61. The van der Waals surface area contributed by atoms with Crippen LogP contribution in [0.2, 0.25) is 0 Å². The fraction of sp³-hybridized carbons (Fsp3) is 0.379. The molecule has 4 nitrogen and oxygen atoms in total. The lowest BCUT2D eigenvalue weighted by atomic mass is 9.88. The Hall–Kier alpha value is -3.14. The first-order chi connectivity index (χ1) is 15.9. The summed E-state index contributed by atoms with van der Waals surface area (Å²) in [4.78, 5) is 12.5. The van der Waals surface area contributed by atoms with Crippen molar-refractivity contribution >= 4 is 17.2 Å². The van der Waals surface area contributed by atoms with Crippen LogP contribution in [0.4, 0.5) is 0 Å². The Morgan fingerprint density at radius 1 is 1.21 bits per heavy atom. The summed E-state index contributed by atoms with van der Waals surface area (Å²) in [6.07, 6.45) is 18.2. The third kappa shape index (κ3) is 8.05. The second-order valence-corrected chi connectivity index (χ2v) is 8.61. The van der Waals surface area contributed by atoms with Crippen molar-refractivity contribution in [3.8, 4) is 0 Å². The van der Waals surface area contributed by atoms with E-state index >= 15 is 0 Å². The number of amides is 1. The van der Waals surface area contributed by atoms with Crippen LogP contribution in [-0.2, 0) is 4.79 Å². The van der Waals surface area contributed by atoms with Gasteiger partial charge in [-0.1, -0.05) is 75.3 Å². The molecule has 1 fully saturated rings. The summed E-state index contributed by atoms with van der Waals surface area (Å²) in [5.41, 5.74) is 11.3. The van der Waals surface area contributed by atoms with Crippen molar-refractivity contribution in [2.45, 2.75) is 59.3 Å². The Balaban J connectivity index is 2.26. The summed E-state index contributed by atoms with van der Waals surface area (Å²) in [7, 11) is 0. The molecule has 4 N–H and O–H groups in total. The van der Waals surface area contributed by atoms with E-state index in [1.807, 2.05) is 32.1 Å². The van der Waals surface area contributed by atoms with Gasteiger partial charge in [0.25, 0.3) is 0 Å². The summed E-state index contributed by atoms with van der Waals surface area (Å²) in [6.45, 7) is 10.2. The molecule has 2 rings (SSSR count). The van der Waals surface area contributed by atoms with E-state index in [2.05, 4.69) is 49.2 Å². The molecule has 176 valence electrons. The van der Waals surface area contributed by atoms with Crippen molar-refractivity contribution in [3.05, 3.63) is 89.2 Å². The molecular formula is C29H39N3O. The molecule has 0 aliphatic heterocycles. The first-order valence-corrected chi connectivity index (χ1v) is 12.0. The predicted octanol–water partition coefficient (Wildman–Crippen LogP) is 6.38. The van der Waals surface area contributed by atoms with Gasteiger partial charge in [0.2, 0.25) is 5.91 Å². The molecule has 33 heavy (non-hydrogen) atoms. The monoisotopic (exact) mass is 445 g/mol. The lowest BCUT2D eigenvalue weighted by molar-refractivity contribution is -0.125. The summed E-state index contributed by atoms with van der Waals surface area (Å²) in [5.74, 6) is 0.326. The predicted molar refractivity (Wildman–Crippen MR) is 141 cm³/mol. The van der Waals surface area contributed by atoms with Gasteiger partial charge in [0.15, 0.2) is 0 Å². The van der Waals surface area contributed by atoms with E-state index in [-0.39, 0.29) is 11.8 Å². The van der Waals surface area contributed by atoms with E-state index in [4.69, 9.17) is 11.1 Å². The van der Waals surface area contributed by atoms with Crippen molar-refractivity contribution in [2.75, 3.05) is 6.54 Å². The Bertz CT molecular complexity index is 973. The van der Waals surface area contributed by atoms with E-state index < -0.39 is 0 Å². The highest BCUT2D eigenvalue weighted by Crippen LogP contribution is 2.24. The third-order valence-electron chi connectivity index (χ3n) is 6.02. The quantitative estimate of drug-likeness (QED) is 0.288. The minimum absolute atomic E-state index is 0.158. The number of hydrogen-bond donors (Lipinski definition) is 3. The van der Waals surface area contributed by atoms with Crippen LogP contribution in [0.25, 0.3) is 5.57 Å². The average Bonchev–Trinajstić information content (AvgIpc) is 2.82. The van der Waals surface area contributed by atoms with Crippen LogP contribution in [0.3, 0.4) is 0 Å². The maximum Gasteiger partial charge on any atom is 0.223 e. The standard InChI is InChI=1S/C29H39N3O/c1-5-7-11-24(18-19-32-29(33)25-12-9-8-10-13-25)26-16-14-21(3)27(20-26)28(31)23(6-2)17-15-22(4)30/h6-7,11,14-18,20,25,31H,4-5,8-10,12-13,19,30H2,1-3H3,(H,32,33)/b11-7-,17-15-,23-6+,24-18+,31-28?. The number of nitrogens with two attached hydrogens (primary N) is 1. The maximum atomic E-state index is 12.5. The van der Waals surface area contributed by atoms with E-state index in [0.717, 1.165) is 59.9 Å². The molecular weight excluding hydrogens is 406 g/mol. The molecule has 1 aromatic carbocycles. The summed E-state index contributed by atoms with van der Waals surface area (Å²) in [6, 6.07) is 6.18. The number of allylic oxidation sites excluding steroid dienone is 7. The smallest absolute Gasteiger partial charge is 0.223 e. The zero-order chi connectivity index (χ0) is 24.2. The largest absolute Gasteiger partial charge is 0.399 e. The van der Waals surface area contributed by atoms with Gasteiger partial charge in [0, 0.05) is 23.7 Å². The number of rotatable bonds is 10. The second kappa shape index (κ2) is 13.4. The summed E-state index contributed by atoms with van der Waals surface area (Å²) in [5, 5.41) is 11.9. The van der Waals surface area contributed by atoms with Crippen LogP contribution in [-0.4, -0.2) is 18.2 Å². The van der Waals surface area contributed by atoms with Crippen LogP contribution in [0, 0.1) is 18.3 Å². The Kier molecular flexibility index (Phi) is 10.6. The van der Waals surface area contributed by atoms with E-state index in [9.17, 15) is 4.79 Å². The first kappa shape index (κ1) is 26.1. The lowest BCUT2D eigenvalue weighted by Gasteiger charge is -2.20.